The SMILES string of the molecule is c1ccc(-c2ccc(-n3cc(-c4ccccc4)cn3)cc2)cc1. The van der Waals surface area contributed by atoms with Crippen molar-refractivity contribution in [3.8, 4) is 27.9 Å². The first-order valence-electron chi connectivity index (χ1n) is 7.66. The van der Waals surface area contributed by atoms with Crippen molar-refractivity contribution < 1.29 is 0 Å². The van der Waals surface area contributed by atoms with Crippen molar-refractivity contribution in [3.05, 3.63) is 97.3 Å². The number of nitrogens with zero attached hydrogens (tertiary/aromatic N) is 2. The van der Waals surface area contributed by atoms with Crippen LogP contribution < -0.4 is 0 Å². The van der Waals surface area contributed by atoms with Crippen LogP contribution in [0.1, 0.15) is 0 Å². The van der Waals surface area contributed by atoms with Crippen molar-refractivity contribution in [3.63, 3.8) is 0 Å². The molecule has 0 fully saturated rings. The minimum atomic E-state index is 1.06. The topological polar surface area (TPSA) is 17.8 Å². The Bertz CT molecular complexity index is 892. The van der Waals surface area contributed by atoms with E-state index in [0.717, 1.165) is 11.3 Å². The van der Waals surface area contributed by atoms with E-state index in [1.807, 2.05) is 35.1 Å². The third-order valence-electron chi connectivity index (χ3n) is 3.93. The average molecular weight is 296 g/mol. The number of rotatable bonds is 3. The molecule has 4 aromatic rings. The van der Waals surface area contributed by atoms with Crippen LogP contribution in [0.3, 0.4) is 0 Å². The first-order chi connectivity index (χ1) is 11.4. The van der Waals surface area contributed by atoms with E-state index in [1.54, 1.807) is 0 Å². The molecule has 0 bridgehead atoms. The molecule has 3 aromatic carbocycles. The van der Waals surface area contributed by atoms with Crippen LogP contribution in [-0.4, -0.2) is 9.78 Å². The summed E-state index contributed by atoms with van der Waals surface area (Å²) in [5.74, 6) is 0. The van der Waals surface area contributed by atoms with Crippen LogP contribution >= 0.6 is 0 Å². The van der Waals surface area contributed by atoms with Gasteiger partial charge in [0.05, 0.1) is 11.9 Å². The number of aromatic nitrogens is 2. The molecule has 110 valence electrons. The van der Waals surface area contributed by atoms with Crippen LogP contribution in [0.4, 0.5) is 0 Å². The number of hydrogen-bond acceptors (Lipinski definition) is 1. The summed E-state index contributed by atoms with van der Waals surface area (Å²) in [5.41, 5.74) is 5.80. The van der Waals surface area contributed by atoms with Gasteiger partial charge in [-0.25, -0.2) is 4.68 Å². The molecule has 0 aliphatic rings. The van der Waals surface area contributed by atoms with Crippen molar-refractivity contribution >= 4 is 0 Å². The van der Waals surface area contributed by atoms with E-state index in [0.29, 0.717) is 0 Å². The third kappa shape index (κ3) is 2.79. The van der Waals surface area contributed by atoms with E-state index in [-0.39, 0.29) is 0 Å². The molecule has 1 aromatic heterocycles. The van der Waals surface area contributed by atoms with E-state index in [9.17, 15) is 0 Å². The number of benzene rings is 3. The van der Waals surface area contributed by atoms with Crippen LogP contribution in [0.5, 0.6) is 0 Å². The molecule has 4 rings (SSSR count). The lowest BCUT2D eigenvalue weighted by Crippen LogP contribution is -1.93. The second-order valence-electron chi connectivity index (χ2n) is 5.45. The second kappa shape index (κ2) is 5.93. The summed E-state index contributed by atoms with van der Waals surface area (Å²) in [5, 5.41) is 4.48. The molecular weight excluding hydrogens is 280 g/mol. The van der Waals surface area contributed by atoms with Gasteiger partial charge in [-0.2, -0.15) is 5.10 Å². The molecule has 0 saturated carbocycles. The van der Waals surface area contributed by atoms with E-state index >= 15 is 0 Å². The minimum Gasteiger partial charge on any atom is -0.240 e. The summed E-state index contributed by atoms with van der Waals surface area (Å²) < 4.78 is 1.91. The van der Waals surface area contributed by atoms with Gasteiger partial charge in [0.25, 0.3) is 0 Å². The molecule has 0 aliphatic carbocycles. The fourth-order valence-electron chi connectivity index (χ4n) is 2.68. The molecule has 2 heteroatoms. The van der Waals surface area contributed by atoms with E-state index in [4.69, 9.17) is 0 Å². The van der Waals surface area contributed by atoms with E-state index in [2.05, 4.69) is 72.0 Å². The Kier molecular flexibility index (Phi) is 3.49. The predicted octanol–water partition coefficient (Wildman–Crippen LogP) is 5.21. The smallest absolute Gasteiger partial charge is 0.0646 e. The summed E-state index contributed by atoms with van der Waals surface area (Å²) in [6.45, 7) is 0. The average Bonchev–Trinajstić information content (AvgIpc) is 3.14. The van der Waals surface area contributed by atoms with Gasteiger partial charge in [-0.3, -0.25) is 0 Å². The highest BCUT2D eigenvalue weighted by molar-refractivity contribution is 5.65. The van der Waals surface area contributed by atoms with Crippen LogP contribution in [0.15, 0.2) is 97.3 Å². The van der Waals surface area contributed by atoms with Gasteiger partial charge in [-0.1, -0.05) is 72.8 Å². The van der Waals surface area contributed by atoms with Gasteiger partial charge < -0.3 is 0 Å². The van der Waals surface area contributed by atoms with Crippen LogP contribution in [0, 0.1) is 0 Å². The molecular formula is C21H16N2. The summed E-state index contributed by atoms with van der Waals surface area (Å²) >= 11 is 0. The maximum atomic E-state index is 4.48. The van der Waals surface area contributed by atoms with E-state index < -0.39 is 0 Å². The fraction of sp³-hybridized carbons (Fsp3) is 0. The maximum Gasteiger partial charge on any atom is 0.0646 e. The Morgan fingerprint density at radius 2 is 1.04 bits per heavy atom. The molecule has 0 unspecified atom stereocenters. The zero-order chi connectivity index (χ0) is 15.5. The van der Waals surface area contributed by atoms with Gasteiger partial charge in [0, 0.05) is 11.8 Å². The van der Waals surface area contributed by atoms with Gasteiger partial charge in [-0.15, -0.1) is 0 Å². The lowest BCUT2D eigenvalue weighted by atomic mass is 10.1. The highest BCUT2D eigenvalue weighted by atomic mass is 15.3. The second-order valence-corrected chi connectivity index (χ2v) is 5.45. The third-order valence-corrected chi connectivity index (χ3v) is 3.93. The zero-order valence-corrected chi connectivity index (χ0v) is 12.6. The molecule has 0 atom stereocenters. The van der Waals surface area contributed by atoms with Crippen LogP contribution in [0.2, 0.25) is 0 Å². The summed E-state index contributed by atoms with van der Waals surface area (Å²) in [6, 6.07) is 29.2. The molecule has 0 radical (unpaired) electrons. The quantitative estimate of drug-likeness (QED) is 0.507. The zero-order valence-electron chi connectivity index (χ0n) is 12.6. The van der Waals surface area contributed by atoms with Gasteiger partial charge in [-0.05, 0) is 28.8 Å². The minimum absolute atomic E-state index is 1.06. The van der Waals surface area contributed by atoms with Crippen molar-refractivity contribution in [2.45, 2.75) is 0 Å². The van der Waals surface area contributed by atoms with Gasteiger partial charge in [0.2, 0.25) is 0 Å². The summed E-state index contributed by atoms with van der Waals surface area (Å²) in [4.78, 5) is 0. The molecule has 0 spiro atoms. The normalized spacial score (nSPS) is 10.6. The molecule has 0 aliphatic heterocycles. The van der Waals surface area contributed by atoms with Crippen molar-refractivity contribution in [2.75, 3.05) is 0 Å². The molecule has 2 nitrogen and oxygen atoms in total. The number of hydrogen-bond donors (Lipinski definition) is 0. The predicted molar refractivity (Wildman–Crippen MR) is 94.4 cm³/mol. The fourth-order valence-corrected chi connectivity index (χ4v) is 2.68. The lowest BCUT2D eigenvalue weighted by Gasteiger charge is -2.04. The first kappa shape index (κ1) is 13.5. The molecule has 23 heavy (non-hydrogen) atoms. The van der Waals surface area contributed by atoms with E-state index in [1.165, 1.54) is 16.7 Å². The molecule has 1 heterocycles. The molecule has 0 saturated heterocycles. The Balaban J connectivity index is 1.63. The van der Waals surface area contributed by atoms with Gasteiger partial charge in [0.1, 0.15) is 0 Å². The molecule has 0 amide bonds. The largest absolute Gasteiger partial charge is 0.240 e. The summed E-state index contributed by atoms with van der Waals surface area (Å²) in [6.07, 6.45) is 3.97. The Morgan fingerprint density at radius 1 is 0.522 bits per heavy atom. The van der Waals surface area contributed by atoms with Gasteiger partial charge >= 0.3 is 0 Å². The Labute approximate surface area is 135 Å². The Hall–Kier alpha value is -3.13. The van der Waals surface area contributed by atoms with Gasteiger partial charge in [0.15, 0.2) is 0 Å². The highest BCUT2D eigenvalue weighted by Crippen LogP contribution is 2.22. The maximum absolute atomic E-state index is 4.48. The first-order valence-corrected chi connectivity index (χ1v) is 7.66. The van der Waals surface area contributed by atoms with Crippen LogP contribution in [-0.2, 0) is 0 Å². The van der Waals surface area contributed by atoms with Crippen molar-refractivity contribution in [2.24, 2.45) is 0 Å². The van der Waals surface area contributed by atoms with Crippen LogP contribution in [0.25, 0.3) is 27.9 Å². The Morgan fingerprint density at radius 3 is 1.65 bits per heavy atom. The highest BCUT2D eigenvalue weighted by Gasteiger charge is 2.03. The standard InChI is InChI=1S/C21H16N2/c1-3-7-17(8-4-1)19-11-13-21(14-12-19)23-16-20(15-22-23)18-9-5-2-6-10-18/h1-16H. The molecule has 0 N–H and O–H groups in total. The van der Waals surface area contributed by atoms with Crippen molar-refractivity contribution in [1.29, 1.82) is 0 Å². The summed E-state index contributed by atoms with van der Waals surface area (Å²) in [7, 11) is 0. The van der Waals surface area contributed by atoms with Crippen molar-refractivity contribution in [1.82, 2.24) is 9.78 Å². The lowest BCUT2D eigenvalue weighted by molar-refractivity contribution is 0.881. The monoisotopic (exact) mass is 296 g/mol.